The summed E-state index contributed by atoms with van der Waals surface area (Å²) in [5, 5.41) is 12.1. The van der Waals surface area contributed by atoms with Gasteiger partial charge in [-0.25, -0.2) is 4.79 Å². The van der Waals surface area contributed by atoms with Gasteiger partial charge in [0.1, 0.15) is 0 Å². The number of carboxylic acids is 1. The maximum Gasteiger partial charge on any atom is 0.317 e. The van der Waals surface area contributed by atoms with Crippen molar-refractivity contribution in [3.63, 3.8) is 0 Å². The third-order valence-electron chi connectivity index (χ3n) is 4.47. The molecule has 0 aliphatic carbocycles. The Balaban J connectivity index is 1.73. The van der Waals surface area contributed by atoms with Gasteiger partial charge in [-0.05, 0) is 38.5 Å². The quantitative estimate of drug-likeness (QED) is 0.819. The van der Waals surface area contributed by atoms with Crippen LogP contribution in [0.25, 0.3) is 0 Å². The molecule has 0 radical (unpaired) electrons. The number of hydrogen-bond donors (Lipinski definition) is 2. The Morgan fingerprint density at radius 2 is 2.10 bits per heavy atom. The molecule has 2 aliphatic rings. The Morgan fingerprint density at radius 3 is 2.65 bits per heavy atom. The Hall–Kier alpha value is -1.30. The highest BCUT2D eigenvalue weighted by Crippen LogP contribution is 2.30. The number of carbonyl (C=O) groups is 2. The van der Waals surface area contributed by atoms with E-state index in [9.17, 15) is 9.59 Å². The molecule has 0 saturated carbocycles. The van der Waals surface area contributed by atoms with Crippen molar-refractivity contribution in [2.45, 2.75) is 32.6 Å². The number of hydrogen-bond acceptors (Lipinski definition) is 3. The van der Waals surface area contributed by atoms with Crippen molar-refractivity contribution in [3.8, 4) is 0 Å². The maximum atomic E-state index is 12.0. The van der Waals surface area contributed by atoms with Gasteiger partial charge in [0.05, 0.1) is 12.0 Å². The van der Waals surface area contributed by atoms with Crippen LogP contribution in [-0.2, 0) is 9.53 Å². The lowest BCUT2D eigenvalue weighted by atomic mass is 9.80. The first-order valence-electron chi connectivity index (χ1n) is 7.35. The number of carboxylic acid groups (broad SMARTS) is 1. The van der Waals surface area contributed by atoms with Crippen molar-refractivity contribution in [3.05, 3.63) is 0 Å². The average molecular weight is 284 g/mol. The van der Waals surface area contributed by atoms with Crippen LogP contribution in [0.15, 0.2) is 0 Å². The van der Waals surface area contributed by atoms with E-state index in [-0.39, 0.29) is 6.03 Å². The van der Waals surface area contributed by atoms with Gasteiger partial charge in [-0.2, -0.15) is 0 Å². The molecule has 0 aromatic heterocycles. The summed E-state index contributed by atoms with van der Waals surface area (Å²) in [5.41, 5.74) is -0.687. The van der Waals surface area contributed by atoms with E-state index in [4.69, 9.17) is 9.84 Å². The third-order valence-corrected chi connectivity index (χ3v) is 4.47. The second-order valence-electron chi connectivity index (χ2n) is 6.12. The van der Waals surface area contributed by atoms with Gasteiger partial charge in [-0.15, -0.1) is 0 Å². The molecule has 2 fully saturated rings. The number of nitrogens with zero attached hydrogens (tertiary/aromatic N) is 1. The second kappa shape index (κ2) is 6.43. The highest BCUT2D eigenvalue weighted by atomic mass is 16.5. The largest absolute Gasteiger partial charge is 0.481 e. The van der Waals surface area contributed by atoms with Crippen LogP contribution in [0, 0.1) is 11.3 Å². The first-order chi connectivity index (χ1) is 9.51. The Labute approximate surface area is 119 Å². The number of carbonyl (C=O) groups excluding carboxylic acids is 1. The topological polar surface area (TPSA) is 78.9 Å². The van der Waals surface area contributed by atoms with E-state index < -0.39 is 11.4 Å². The summed E-state index contributed by atoms with van der Waals surface area (Å²) in [7, 11) is 0. The lowest BCUT2D eigenvalue weighted by Crippen LogP contribution is -2.49. The van der Waals surface area contributed by atoms with Crippen molar-refractivity contribution >= 4 is 12.0 Å². The van der Waals surface area contributed by atoms with Crippen molar-refractivity contribution in [2.75, 3.05) is 32.8 Å². The van der Waals surface area contributed by atoms with Gasteiger partial charge >= 0.3 is 12.0 Å². The summed E-state index contributed by atoms with van der Waals surface area (Å²) >= 11 is 0. The molecule has 0 bridgehead atoms. The van der Waals surface area contributed by atoms with Crippen LogP contribution in [0.2, 0.25) is 0 Å². The molecular weight excluding hydrogens is 260 g/mol. The van der Waals surface area contributed by atoms with Crippen LogP contribution < -0.4 is 5.32 Å². The standard InChI is InChI=1S/C14H24N2O4/c1-14(12(17)18)4-6-16(7-5-14)13(19)15-9-11-3-2-8-20-10-11/h11H,2-10H2,1H3,(H,15,19)(H,17,18). The number of ether oxygens (including phenoxy) is 1. The second-order valence-corrected chi connectivity index (χ2v) is 6.12. The Bertz CT molecular complexity index is 358. The molecule has 0 aromatic rings. The monoisotopic (exact) mass is 284 g/mol. The first kappa shape index (κ1) is 15.1. The molecule has 20 heavy (non-hydrogen) atoms. The van der Waals surface area contributed by atoms with Gasteiger partial charge in [0, 0.05) is 26.2 Å². The molecule has 2 heterocycles. The van der Waals surface area contributed by atoms with E-state index in [0.717, 1.165) is 26.1 Å². The Morgan fingerprint density at radius 1 is 1.40 bits per heavy atom. The van der Waals surface area contributed by atoms with Crippen LogP contribution >= 0.6 is 0 Å². The summed E-state index contributed by atoms with van der Waals surface area (Å²) in [5.74, 6) is -0.362. The SMILES string of the molecule is CC1(C(=O)O)CCN(C(=O)NCC2CCCOC2)CC1. The summed E-state index contributed by atoms with van der Waals surface area (Å²) in [6, 6.07) is -0.0805. The van der Waals surface area contributed by atoms with Crippen molar-refractivity contribution < 1.29 is 19.4 Å². The van der Waals surface area contributed by atoms with Gasteiger partial charge in [-0.1, -0.05) is 0 Å². The molecule has 6 nitrogen and oxygen atoms in total. The summed E-state index contributed by atoms with van der Waals surface area (Å²) in [6.07, 6.45) is 3.18. The van der Waals surface area contributed by atoms with Crippen molar-refractivity contribution in [1.82, 2.24) is 10.2 Å². The molecule has 2 amide bonds. The lowest BCUT2D eigenvalue weighted by Gasteiger charge is -2.36. The van der Waals surface area contributed by atoms with Crippen LogP contribution in [0.4, 0.5) is 4.79 Å². The molecule has 2 saturated heterocycles. The van der Waals surface area contributed by atoms with E-state index in [0.29, 0.717) is 38.4 Å². The van der Waals surface area contributed by atoms with Gasteiger partial charge < -0.3 is 20.1 Å². The fourth-order valence-corrected chi connectivity index (χ4v) is 2.73. The minimum absolute atomic E-state index is 0.0805. The van der Waals surface area contributed by atoms with E-state index in [1.165, 1.54) is 0 Å². The molecular formula is C14H24N2O4. The average Bonchev–Trinajstić information content (AvgIpc) is 2.46. The normalized spacial score (nSPS) is 26.1. The van der Waals surface area contributed by atoms with Gasteiger partial charge in [0.2, 0.25) is 0 Å². The van der Waals surface area contributed by atoms with Crippen LogP contribution in [0.3, 0.4) is 0 Å². The molecule has 2 aliphatic heterocycles. The summed E-state index contributed by atoms with van der Waals surface area (Å²) < 4.78 is 5.38. The Kier molecular flexibility index (Phi) is 4.86. The fourth-order valence-electron chi connectivity index (χ4n) is 2.73. The minimum Gasteiger partial charge on any atom is -0.481 e. The molecule has 0 spiro atoms. The smallest absolute Gasteiger partial charge is 0.317 e. The third kappa shape index (κ3) is 3.62. The van der Waals surface area contributed by atoms with Gasteiger partial charge in [0.25, 0.3) is 0 Å². The van der Waals surface area contributed by atoms with Gasteiger partial charge in [-0.3, -0.25) is 4.79 Å². The maximum absolute atomic E-state index is 12.0. The zero-order valence-electron chi connectivity index (χ0n) is 12.1. The molecule has 114 valence electrons. The predicted molar refractivity (Wildman–Crippen MR) is 73.5 cm³/mol. The van der Waals surface area contributed by atoms with Crippen LogP contribution in [0.1, 0.15) is 32.6 Å². The van der Waals surface area contributed by atoms with E-state index >= 15 is 0 Å². The highest BCUT2D eigenvalue weighted by molar-refractivity contribution is 5.76. The van der Waals surface area contributed by atoms with E-state index in [1.807, 2.05) is 0 Å². The zero-order chi connectivity index (χ0) is 14.6. The van der Waals surface area contributed by atoms with E-state index in [2.05, 4.69) is 5.32 Å². The van der Waals surface area contributed by atoms with Crippen molar-refractivity contribution in [2.24, 2.45) is 11.3 Å². The number of piperidine rings is 1. The fraction of sp³-hybridized carbons (Fsp3) is 0.857. The number of aliphatic carboxylic acids is 1. The highest BCUT2D eigenvalue weighted by Gasteiger charge is 2.38. The number of amides is 2. The number of likely N-dealkylation sites (tertiary alicyclic amines) is 1. The molecule has 2 N–H and O–H groups in total. The van der Waals surface area contributed by atoms with Crippen LogP contribution in [-0.4, -0.2) is 54.9 Å². The predicted octanol–water partition coefficient (Wildman–Crippen LogP) is 1.31. The molecule has 6 heteroatoms. The molecule has 1 unspecified atom stereocenters. The van der Waals surface area contributed by atoms with Crippen LogP contribution in [0.5, 0.6) is 0 Å². The summed E-state index contributed by atoms with van der Waals surface area (Å²) in [6.45, 7) is 4.96. The number of urea groups is 1. The molecule has 2 rings (SSSR count). The van der Waals surface area contributed by atoms with E-state index in [1.54, 1.807) is 11.8 Å². The van der Waals surface area contributed by atoms with Crippen molar-refractivity contribution in [1.29, 1.82) is 0 Å². The minimum atomic E-state index is -0.767. The molecule has 0 aromatic carbocycles. The lowest BCUT2D eigenvalue weighted by molar-refractivity contribution is -0.150. The zero-order valence-corrected chi connectivity index (χ0v) is 12.1. The summed E-state index contributed by atoms with van der Waals surface area (Å²) in [4.78, 5) is 24.9. The first-order valence-corrected chi connectivity index (χ1v) is 7.35. The number of rotatable bonds is 3. The molecule has 1 atom stereocenters. The van der Waals surface area contributed by atoms with Gasteiger partial charge in [0.15, 0.2) is 0 Å². The number of nitrogens with one attached hydrogen (secondary N) is 1.